The molecule has 298 valence electrons. The minimum absolute atomic E-state index is 0.112. The van der Waals surface area contributed by atoms with Crippen molar-refractivity contribution in [1.82, 2.24) is 25.1 Å². The Bertz CT molecular complexity index is 1900. The maximum absolute atomic E-state index is 12.2. The summed E-state index contributed by atoms with van der Waals surface area (Å²) in [4.78, 5) is 39.9. The zero-order valence-electron chi connectivity index (χ0n) is 32.9. The third kappa shape index (κ3) is 10.9. The van der Waals surface area contributed by atoms with E-state index < -0.39 is 6.04 Å². The van der Waals surface area contributed by atoms with Crippen LogP contribution in [0.5, 0.6) is 5.75 Å². The van der Waals surface area contributed by atoms with Crippen molar-refractivity contribution >= 4 is 71.5 Å². The fourth-order valence-corrected chi connectivity index (χ4v) is 8.62. The van der Waals surface area contributed by atoms with E-state index in [1.165, 1.54) is 10.9 Å². The smallest absolute Gasteiger partial charge is 0.242 e. The second kappa shape index (κ2) is 20.1. The quantitative estimate of drug-likeness (QED) is 0.0708. The Morgan fingerprint density at radius 1 is 0.982 bits per heavy atom. The molecule has 1 atom stereocenters. The minimum atomic E-state index is -0.424. The van der Waals surface area contributed by atoms with Crippen molar-refractivity contribution < 1.29 is 14.3 Å². The lowest BCUT2D eigenvalue weighted by Crippen LogP contribution is -2.53. The van der Waals surface area contributed by atoms with Crippen molar-refractivity contribution in [1.29, 1.82) is 0 Å². The van der Waals surface area contributed by atoms with Gasteiger partial charge in [0.25, 0.3) is 0 Å². The number of piperazine rings is 1. The van der Waals surface area contributed by atoms with Crippen LogP contribution in [0, 0.1) is 0 Å². The molecule has 1 amide bonds. The average molecular weight is 800 g/mol. The number of hydrogen-bond acceptors (Lipinski definition) is 11. The molecule has 1 aromatic heterocycles. The van der Waals surface area contributed by atoms with E-state index in [-0.39, 0.29) is 13.8 Å². The van der Waals surface area contributed by atoms with E-state index in [0.29, 0.717) is 35.7 Å². The molecule has 14 heteroatoms. The topological polar surface area (TPSA) is 127 Å². The summed E-state index contributed by atoms with van der Waals surface area (Å²) in [5.74, 6) is 1.60. The van der Waals surface area contributed by atoms with Crippen LogP contribution in [0.3, 0.4) is 0 Å². The normalized spacial score (nSPS) is 16.0. The molecule has 12 nitrogen and oxygen atoms in total. The van der Waals surface area contributed by atoms with Gasteiger partial charge in [0.1, 0.15) is 23.1 Å². The number of benzene rings is 3. The summed E-state index contributed by atoms with van der Waals surface area (Å²) in [6.45, 7) is 11.8. The number of ether oxygens (including phenoxy) is 1. The van der Waals surface area contributed by atoms with Gasteiger partial charge < -0.3 is 40.6 Å². The predicted molar refractivity (Wildman–Crippen MR) is 232 cm³/mol. The molecule has 3 heterocycles. The molecule has 2 fully saturated rings. The molecule has 0 spiro atoms. The zero-order valence-corrected chi connectivity index (χ0v) is 34.6. The fraction of sp³-hybridized carbons (Fsp3) is 0.429. The second-order valence-corrected chi connectivity index (χ2v) is 17.2. The van der Waals surface area contributed by atoms with Gasteiger partial charge in [-0.1, -0.05) is 49.9 Å². The van der Waals surface area contributed by atoms with Crippen LogP contribution in [0.25, 0.3) is 0 Å². The van der Waals surface area contributed by atoms with Crippen LogP contribution in [0.15, 0.2) is 72.9 Å². The van der Waals surface area contributed by atoms with Crippen molar-refractivity contribution in [3.63, 3.8) is 0 Å². The van der Waals surface area contributed by atoms with Crippen molar-refractivity contribution in [3.8, 4) is 5.75 Å². The van der Waals surface area contributed by atoms with E-state index in [4.69, 9.17) is 21.3 Å². The lowest BCUT2D eigenvalue weighted by atomic mass is 10.0. The number of anilines is 6. The van der Waals surface area contributed by atoms with Crippen LogP contribution in [-0.2, 0) is 16.0 Å². The first-order valence-electron chi connectivity index (χ1n) is 19.5. The van der Waals surface area contributed by atoms with Crippen molar-refractivity contribution in [2.24, 2.45) is 0 Å². The number of amides is 1. The number of nitrogens with zero attached hydrogens (tertiary/aromatic N) is 5. The fourth-order valence-electron chi connectivity index (χ4n) is 7.49. The van der Waals surface area contributed by atoms with Gasteiger partial charge in [-0.25, -0.2) is 4.98 Å². The van der Waals surface area contributed by atoms with E-state index in [1.54, 1.807) is 20.4 Å². The number of carbonyl (C=O) groups excluding carboxylic acids is 2. The Kier molecular flexibility index (Phi) is 14.8. The number of aldehydes is 1. The number of halogens is 1. The highest BCUT2D eigenvalue weighted by Gasteiger charge is 2.28. The molecule has 4 N–H and O–H groups in total. The van der Waals surface area contributed by atoms with E-state index in [2.05, 4.69) is 90.7 Å². The Morgan fingerprint density at radius 3 is 2.43 bits per heavy atom. The number of carbonyl (C=O) groups is 2. The van der Waals surface area contributed by atoms with E-state index in [1.807, 2.05) is 30.3 Å². The lowest BCUT2D eigenvalue weighted by molar-refractivity contribution is -0.121. The van der Waals surface area contributed by atoms with Crippen LogP contribution >= 0.6 is 19.5 Å². The number of rotatable bonds is 17. The predicted octanol–water partition coefficient (Wildman–Crippen LogP) is 6.33. The zero-order chi connectivity index (χ0) is 39.4. The molecule has 1 unspecified atom stereocenters. The van der Waals surface area contributed by atoms with Crippen LogP contribution in [0.1, 0.15) is 31.2 Å². The molecular formula is C42H55ClN9O3P. The Hall–Kier alpha value is -4.48. The lowest BCUT2D eigenvalue weighted by Gasteiger charge is -2.43. The third-order valence-electron chi connectivity index (χ3n) is 10.7. The molecule has 3 aromatic carbocycles. The summed E-state index contributed by atoms with van der Waals surface area (Å²) in [5, 5.41) is 14.4. The first-order valence-corrected chi connectivity index (χ1v) is 22.1. The first kappa shape index (κ1) is 41.2. The van der Waals surface area contributed by atoms with Gasteiger partial charge >= 0.3 is 0 Å². The molecule has 0 saturated carbocycles. The average Bonchev–Trinajstić information content (AvgIpc) is 3.23. The molecule has 0 radical (unpaired) electrons. The van der Waals surface area contributed by atoms with E-state index in [0.717, 1.165) is 99.9 Å². The monoisotopic (exact) mass is 799 g/mol. The Morgan fingerprint density at radius 2 is 1.73 bits per heavy atom. The minimum Gasteiger partial charge on any atom is -0.494 e. The number of methoxy groups -OCH3 is 1. The molecular weight excluding hydrogens is 745 g/mol. The van der Waals surface area contributed by atoms with Gasteiger partial charge in [0.05, 0.1) is 19.0 Å². The van der Waals surface area contributed by atoms with E-state index in [9.17, 15) is 9.59 Å². The summed E-state index contributed by atoms with van der Waals surface area (Å²) < 4.78 is 5.83. The van der Waals surface area contributed by atoms with Crippen molar-refractivity contribution in [3.05, 3.63) is 83.5 Å². The van der Waals surface area contributed by atoms with Crippen LogP contribution < -0.4 is 36.2 Å². The van der Waals surface area contributed by atoms with Gasteiger partial charge in [-0.05, 0) is 80.2 Å². The summed E-state index contributed by atoms with van der Waals surface area (Å²) in [6, 6.07) is 23.0. The maximum atomic E-state index is 12.2. The van der Waals surface area contributed by atoms with Gasteiger partial charge in [0, 0.05) is 88.5 Å². The largest absolute Gasteiger partial charge is 0.494 e. The highest BCUT2D eigenvalue weighted by atomic mass is 35.5. The summed E-state index contributed by atoms with van der Waals surface area (Å²) in [7, 11) is 3.00. The number of piperidine rings is 1. The van der Waals surface area contributed by atoms with Crippen LogP contribution in [0.4, 0.5) is 34.5 Å². The van der Waals surface area contributed by atoms with Gasteiger partial charge in [-0.15, -0.1) is 0 Å². The van der Waals surface area contributed by atoms with Gasteiger partial charge in [0.2, 0.25) is 11.9 Å². The van der Waals surface area contributed by atoms with E-state index >= 15 is 0 Å². The van der Waals surface area contributed by atoms with Crippen LogP contribution in [0.2, 0.25) is 5.02 Å². The Balaban J connectivity index is 0.955. The van der Waals surface area contributed by atoms with Crippen LogP contribution in [-0.4, -0.2) is 117 Å². The molecule has 2 saturated heterocycles. The van der Waals surface area contributed by atoms with Gasteiger partial charge in [-0.3, -0.25) is 9.69 Å². The summed E-state index contributed by atoms with van der Waals surface area (Å²) in [6.07, 6.45) is 6.53. The SMILES string of the molecule is CNC(=O)C(CCC=O)Nc1ccc(CCN2CCN(C3CCN(c4ccc(Nc5ncc(Cl)c(Nc6ccccc6P(C)C)n5)c(OC)c4)CC3)CC2)cc1. The van der Waals surface area contributed by atoms with Gasteiger partial charge in [-0.2, -0.15) is 4.98 Å². The standard InChI is InChI=1S/C42H55ClN9O3P/c1-44-41(54)37(9-7-27-53)46-31-13-11-30(12-14-31)17-20-50-23-25-52(26-24-50)32-18-21-51(22-19-32)33-15-16-35(38(28-33)55-2)48-42-45-29-34(43)40(49-42)47-36-8-5-6-10-39(36)56(3)4/h5-6,8,10-16,27-29,32,37,46H,7,9,17-26H2,1-4H3,(H,44,54)(H2,45,47,48,49). The molecule has 2 aliphatic rings. The first-order chi connectivity index (χ1) is 27.2. The summed E-state index contributed by atoms with van der Waals surface area (Å²) in [5.41, 5.74) is 5.10. The number of nitrogens with one attached hydrogen (secondary N) is 4. The van der Waals surface area contributed by atoms with Crippen molar-refractivity contribution in [2.45, 2.75) is 44.2 Å². The number of hydrogen-bond donors (Lipinski definition) is 4. The molecule has 56 heavy (non-hydrogen) atoms. The van der Waals surface area contributed by atoms with Crippen molar-refractivity contribution in [2.75, 3.05) is 94.2 Å². The molecule has 0 aliphatic carbocycles. The maximum Gasteiger partial charge on any atom is 0.242 e. The Labute approximate surface area is 337 Å². The molecule has 2 aliphatic heterocycles. The van der Waals surface area contributed by atoms with Gasteiger partial charge in [0.15, 0.2) is 5.82 Å². The molecule has 6 rings (SSSR count). The molecule has 4 aromatic rings. The highest BCUT2D eigenvalue weighted by molar-refractivity contribution is 7.64. The number of aromatic nitrogens is 2. The summed E-state index contributed by atoms with van der Waals surface area (Å²) >= 11 is 6.52. The highest BCUT2D eigenvalue weighted by Crippen LogP contribution is 2.35. The number of likely N-dealkylation sites (N-methyl/N-ethyl adjacent to an activating group) is 1. The second-order valence-electron chi connectivity index (χ2n) is 14.5. The molecule has 0 bridgehead atoms. The third-order valence-corrected chi connectivity index (χ3v) is 12.3. The number of para-hydroxylation sites is 1.